The van der Waals surface area contributed by atoms with Crippen molar-refractivity contribution < 1.29 is 17.9 Å². The first-order chi connectivity index (χ1) is 9.71. The lowest BCUT2D eigenvalue weighted by atomic mass is 9.72. The van der Waals surface area contributed by atoms with Crippen molar-refractivity contribution in [1.82, 2.24) is 0 Å². The zero-order valence-electron chi connectivity index (χ0n) is 12.4. The van der Waals surface area contributed by atoms with Gasteiger partial charge in [0.2, 0.25) is 0 Å². The van der Waals surface area contributed by atoms with Gasteiger partial charge in [-0.1, -0.05) is 18.6 Å². The third-order valence-corrected chi connectivity index (χ3v) is 4.05. The number of halogens is 3. The van der Waals surface area contributed by atoms with Gasteiger partial charge in [-0.15, -0.1) is 0 Å². The van der Waals surface area contributed by atoms with Crippen LogP contribution in [0, 0.1) is 5.92 Å². The van der Waals surface area contributed by atoms with Gasteiger partial charge < -0.3 is 10.5 Å². The van der Waals surface area contributed by atoms with Crippen LogP contribution in [-0.4, -0.2) is 12.3 Å². The Morgan fingerprint density at radius 1 is 1.24 bits per heavy atom. The summed E-state index contributed by atoms with van der Waals surface area (Å²) >= 11 is 0. The molecule has 21 heavy (non-hydrogen) atoms. The summed E-state index contributed by atoms with van der Waals surface area (Å²) in [5.41, 5.74) is 6.14. The second kappa shape index (κ2) is 5.87. The topological polar surface area (TPSA) is 35.2 Å². The molecule has 2 N–H and O–H groups in total. The number of benzene rings is 1. The van der Waals surface area contributed by atoms with E-state index in [0.717, 1.165) is 5.56 Å². The fourth-order valence-corrected chi connectivity index (χ4v) is 2.99. The van der Waals surface area contributed by atoms with Crippen LogP contribution in [0.25, 0.3) is 0 Å². The van der Waals surface area contributed by atoms with Gasteiger partial charge in [0.15, 0.2) is 0 Å². The molecule has 2 atom stereocenters. The average molecular weight is 301 g/mol. The quantitative estimate of drug-likeness (QED) is 0.899. The highest BCUT2D eigenvalue weighted by atomic mass is 19.4. The van der Waals surface area contributed by atoms with Crippen LogP contribution >= 0.6 is 0 Å². The Morgan fingerprint density at radius 2 is 1.86 bits per heavy atom. The molecule has 2 nitrogen and oxygen atoms in total. The zero-order valence-corrected chi connectivity index (χ0v) is 12.4. The van der Waals surface area contributed by atoms with Gasteiger partial charge in [-0.3, -0.25) is 0 Å². The average Bonchev–Trinajstić information content (AvgIpc) is 2.38. The van der Waals surface area contributed by atoms with E-state index in [-0.39, 0.29) is 18.9 Å². The van der Waals surface area contributed by atoms with Crippen LogP contribution in [0.4, 0.5) is 13.2 Å². The van der Waals surface area contributed by atoms with Gasteiger partial charge in [0.25, 0.3) is 0 Å². The Hall–Kier alpha value is -1.23. The minimum absolute atomic E-state index is 0.0408. The molecule has 118 valence electrons. The molecule has 0 radical (unpaired) electrons. The molecule has 1 aliphatic carbocycles. The normalized spacial score (nSPS) is 26.9. The van der Waals surface area contributed by atoms with Crippen molar-refractivity contribution in [3.05, 3.63) is 29.8 Å². The predicted molar refractivity (Wildman–Crippen MR) is 76.1 cm³/mol. The van der Waals surface area contributed by atoms with Gasteiger partial charge >= 0.3 is 6.18 Å². The predicted octanol–water partition coefficient (Wildman–Crippen LogP) is 4.38. The standard InChI is InChI=1S/C16H22F3NO/c1-11(2)21-14-7-5-12(6-8-14)15(20)9-3-4-13(10-15)16(17,18)19/h5-8,11,13H,3-4,9-10,20H2,1-2H3. The lowest BCUT2D eigenvalue weighted by Gasteiger charge is -2.39. The van der Waals surface area contributed by atoms with Crippen LogP contribution < -0.4 is 10.5 Å². The van der Waals surface area contributed by atoms with Gasteiger partial charge in [-0.2, -0.15) is 13.2 Å². The number of ether oxygens (including phenoxy) is 1. The maximum Gasteiger partial charge on any atom is 0.391 e. The molecule has 1 aliphatic rings. The maximum atomic E-state index is 12.9. The molecule has 1 saturated carbocycles. The van der Waals surface area contributed by atoms with E-state index in [2.05, 4.69) is 0 Å². The van der Waals surface area contributed by atoms with Crippen molar-refractivity contribution in [3.63, 3.8) is 0 Å². The second-order valence-electron chi connectivity index (χ2n) is 6.18. The van der Waals surface area contributed by atoms with Gasteiger partial charge in [-0.05, 0) is 50.8 Å². The molecule has 0 heterocycles. The third-order valence-electron chi connectivity index (χ3n) is 4.05. The SMILES string of the molecule is CC(C)Oc1ccc(C2(N)CCCC(C(F)(F)F)C2)cc1. The summed E-state index contributed by atoms with van der Waals surface area (Å²) < 4.78 is 44.3. The van der Waals surface area contributed by atoms with Crippen molar-refractivity contribution >= 4 is 0 Å². The third kappa shape index (κ3) is 3.90. The fourth-order valence-electron chi connectivity index (χ4n) is 2.99. The van der Waals surface area contributed by atoms with E-state index < -0.39 is 17.6 Å². The summed E-state index contributed by atoms with van der Waals surface area (Å²) in [7, 11) is 0. The van der Waals surface area contributed by atoms with E-state index in [9.17, 15) is 13.2 Å². The van der Waals surface area contributed by atoms with Crippen LogP contribution in [-0.2, 0) is 5.54 Å². The largest absolute Gasteiger partial charge is 0.491 e. The van der Waals surface area contributed by atoms with E-state index in [1.807, 2.05) is 13.8 Å². The Morgan fingerprint density at radius 3 is 2.38 bits per heavy atom. The summed E-state index contributed by atoms with van der Waals surface area (Å²) in [4.78, 5) is 0. The summed E-state index contributed by atoms with van der Waals surface area (Å²) in [6.45, 7) is 3.85. The van der Waals surface area contributed by atoms with Crippen LogP contribution in [0.5, 0.6) is 5.75 Å². The Kier molecular flexibility index (Phi) is 4.51. The molecule has 1 aromatic carbocycles. The summed E-state index contributed by atoms with van der Waals surface area (Å²) in [6, 6.07) is 7.13. The summed E-state index contributed by atoms with van der Waals surface area (Å²) in [5, 5.41) is 0. The zero-order chi connectivity index (χ0) is 15.7. The molecular weight excluding hydrogens is 279 g/mol. The van der Waals surface area contributed by atoms with E-state index in [1.54, 1.807) is 24.3 Å². The minimum Gasteiger partial charge on any atom is -0.491 e. The highest BCUT2D eigenvalue weighted by Crippen LogP contribution is 2.44. The minimum atomic E-state index is -4.16. The van der Waals surface area contributed by atoms with E-state index in [1.165, 1.54) is 0 Å². The molecule has 0 saturated heterocycles. The van der Waals surface area contributed by atoms with Gasteiger partial charge in [0, 0.05) is 5.54 Å². The molecular formula is C16H22F3NO. The monoisotopic (exact) mass is 301 g/mol. The number of alkyl halides is 3. The molecule has 0 aliphatic heterocycles. The van der Waals surface area contributed by atoms with Gasteiger partial charge in [0.05, 0.1) is 12.0 Å². The van der Waals surface area contributed by atoms with Crippen molar-refractivity contribution in [3.8, 4) is 5.75 Å². The molecule has 0 bridgehead atoms. The Bertz CT molecular complexity index is 469. The molecule has 0 amide bonds. The lowest BCUT2D eigenvalue weighted by molar-refractivity contribution is -0.187. The molecule has 2 unspecified atom stereocenters. The summed E-state index contributed by atoms with van der Waals surface area (Å²) in [5.74, 6) is -0.594. The van der Waals surface area contributed by atoms with Gasteiger partial charge in [-0.25, -0.2) is 0 Å². The van der Waals surface area contributed by atoms with Crippen LogP contribution in [0.3, 0.4) is 0 Å². The first-order valence-electron chi connectivity index (χ1n) is 7.33. The Balaban J connectivity index is 2.15. The maximum absolute atomic E-state index is 12.9. The molecule has 0 aromatic heterocycles. The first kappa shape index (κ1) is 16.1. The highest BCUT2D eigenvalue weighted by Gasteiger charge is 2.46. The van der Waals surface area contributed by atoms with Gasteiger partial charge in [0.1, 0.15) is 5.75 Å². The van der Waals surface area contributed by atoms with E-state index >= 15 is 0 Å². The van der Waals surface area contributed by atoms with Crippen LogP contribution in [0.15, 0.2) is 24.3 Å². The highest BCUT2D eigenvalue weighted by molar-refractivity contribution is 5.32. The lowest BCUT2D eigenvalue weighted by Crippen LogP contribution is -2.44. The molecule has 1 aromatic rings. The molecule has 5 heteroatoms. The van der Waals surface area contributed by atoms with Crippen LogP contribution in [0.2, 0.25) is 0 Å². The van der Waals surface area contributed by atoms with Crippen molar-refractivity contribution in [1.29, 1.82) is 0 Å². The number of nitrogens with two attached hydrogens (primary N) is 1. The van der Waals surface area contributed by atoms with E-state index in [4.69, 9.17) is 10.5 Å². The van der Waals surface area contributed by atoms with Crippen LogP contribution in [0.1, 0.15) is 45.1 Å². The summed E-state index contributed by atoms with van der Waals surface area (Å²) in [6.07, 6.45) is -2.87. The second-order valence-corrected chi connectivity index (χ2v) is 6.18. The molecule has 1 fully saturated rings. The van der Waals surface area contributed by atoms with E-state index in [0.29, 0.717) is 18.6 Å². The number of hydrogen-bond acceptors (Lipinski definition) is 2. The molecule has 0 spiro atoms. The smallest absolute Gasteiger partial charge is 0.391 e. The first-order valence-corrected chi connectivity index (χ1v) is 7.33. The molecule has 2 rings (SSSR count). The fraction of sp³-hybridized carbons (Fsp3) is 0.625. The van der Waals surface area contributed by atoms with Crippen molar-refractivity contribution in [2.45, 2.75) is 57.3 Å². The Labute approximate surface area is 123 Å². The number of rotatable bonds is 3. The van der Waals surface area contributed by atoms with Crippen molar-refractivity contribution in [2.75, 3.05) is 0 Å². The van der Waals surface area contributed by atoms with Crippen molar-refractivity contribution in [2.24, 2.45) is 11.7 Å². The number of hydrogen-bond donors (Lipinski definition) is 1.